The van der Waals surface area contributed by atoms with Gasteiger partial charge in [0.2, 0.25) is 0 Å². The molecule has 1 aromatic carbocycles. The number of nitrogens with one attached hydrogen (secondary N) is 1. The minimum atomic E-state index is -1.15. The number of carboxylic acids is 1. The first-order chi connectivity index (χ1) is 11.0. The Labute approximate surface area is 133 Å². The van der Waals surface area contributed by atoms with Gasteiger partial charge in [0.15, 0.2) is 6.04 Å². The second kappa shape index (κ2) is 7.44. The zero-order chi connectivity index (χ0) is 16.8. The van der Waals surface area contributed by atoms with E-state index < -0.39 is 24.1 Å². The number of amides is 1. The van der Waals surface area contributed by atoms with Gasteiger partial charge in [0.25, 0.3) is 0 Å². The number of aliphatic carboxylic acids is 1. The molecule has 0 aliphatic carbocycles. The summed E-state index contributed by atoms with van der Waals surface area (Å²) in [6, 6.07) is 9.23. The lowest BCUT2D eigenvalue weighted by molar-refractivity contribution is -0.140. The van der Waals surface area contributed by atoms with Crippen LogP contribution < -0.4 is 5.32 Å². The van der Waals surface area contributed by atoms with Gasteiger partial charge in [0.1, 0.15) is 6.61 Å². The standard InChI is InChI=1S/C16H19N3O4/c1-11-8-9-17-19(11)12(2)14(15(20)21)18-16(22)23-10-13-6-4-3-5-7-13/h3-9,12,14H,10H2,1-2H3,(H,18,22)(H,20,21). The summed E-state index contributed by atoms with van der Waals surface area (Å²) in [5.41, 5.74) is 1.63. The zero-order valence-corrected chi connectivity index (χ0v) is 13.0. The molecule has 122 valence electrons. The predicted octanol–water partition coefficient (Wildman–Crippen LogP) is 2.13. The molecule has 2 rings (SSSR count). The lowest BCUT2D eigenvalue weighted by Gasteiger charge is -2.22. The fourth-order valence-electron chi connectivity index (χ4n) is 2.23. The fourth-order valence-corrected chi connectivity index (χ4v) is 2.23. The first kappa shape index (κ1) is 16.5. The van der Waals surface area contributed by atoms with Crippen molar-refractivity contribution in [2.75, 3.05) is 0 Å². The summed E-state index contributed by atoms with van der Waals surface area (Å²) in [7, 11) is 0. The Bertz CT molecular complexity index is 669. The molecule has 2 N–H and O–H groups in total. The van der Waals surface area contributed by atoms with Crippen LogP contribution in [0.15, 0.2) is 42.6 Å². The van der Waals surface area contributed by atoms with Crippen molar-refractivity contribution in [3.8, 4) is 0 Å². The van der Waals surface area contributed by atoms with E-state index in [1.54, 1.807) is 23.9 Å². The fraction of sp³-hybridized carbons (Fsp3) is 0.312. The van der Waals surface area contributed by atoms with E-state index in [0.717, 1.165) is 11.3 Å². The van der Waals surface area contributed by atoms with Crippen molar-refractivity contribution < 1.29 is 19.4 Å². The van der Waals surface area contributed by atoms with Crippen LogP contribution in [0.2, 0.25) is 0 Å². The van der Waals surface area contributed by atoms with Crippen LogP contribution in [0.25, 0.3) is 0 Å². The number of aryl methyl sites for hydroxylation is 1. The summed E-state index contributed by atoms with van der Waals surface area (Å²) < 4.78 is 6.62. The van der Waals surface area contributed by atoms with Gasteiger partial charge in [-0.1, -0.05) is 30.3 Å². The Kier molecular flexibility index (Phi) is 5.35. The molecule has 0 aliphatic heterocycles. The Morgan fingerprint density at radius 1 is 1.30 bits per heavy atom. The number of benzene rings is 1. The van der Waals surface area contributed by atoms with Crippen molar-refractivity contribution in [2.45, 2.75) is 32.5 Å². The van der Waals surface area contributed by atoms with Crippen LogP contribution in [0.5, 0.6) is 0 Å². The van der Waals surface area contributed by atoms with Crippen molar-refractivity contribution >= 4 is 12.1 Å². The summed E-state index contributed by atoms with van der Waals surface area (Å²) in [5, 5.41) is 15.8. The molecule has 2 aromatic rings. The van der Waals surface area contributed by atoms with Crippen molar-refractivity contribution in [3.63, 3.8) is 0 Å². The van der Waals surface area contributed by atoms with Crippen LogP contribution in [-0.2, 0) is 16.1 Å². The average Bonchev–Trinajstić information content (AvgIpc) is 2.97. The number of aromatic nitrogens is 2. The number of rotatable bonds is 6. The molecule has 0 bridgehead atoms. The lowest BCUT2D eigenvalue weighted by atomic mass is 10.1. The SMILES string of the molecule is Cc1ccnn1C(C)C(NC(=O)OCc1ccccc1)C(=O)O. The van der Waals surface area contributed by atoms with Crippen molar-refractivity contribution in [2.24, 2.45) is 0 Å². The van der Waals surface area contributed by atoms with Gasteiger partial charge in [0, 0.05) is 11.9 Å². The van der Waals surface area contributed by atoms with Gasteiger partial charge in [-0.05, 0) is 25.5 Å². The van der Waals surface area contributed by atoms with E-state index >= 15 is 0 Å². The van der Waals surface area contributed by atoms with Crippen molar-refractivity contribution in [1.29, 1.82) is 0 Å². The smallest absolute Gasteiger partial charge is 0.408 e. The molecule has 0 radical (unpaired) electrons. The maximum atomic E-state index is 11.9. The second-order valence-corrected chi connectivity index (χ2v) is 5.18. The van der Waals surface area contributed by atoms with Crippen molar-refractivity contribution in [1.82, 2.24) is 15.1 Å². The third-order valence-electron chi connectivity index (χ3n) is 3.49. The van der Waals surface area contributed by atoms with E-state index in [4.69, 9.17) is 4.74 Å². The number of hydrogen-bond donors (Lipinski definition) is 2. The van der Waals surface area contributed by atoms with Crippen LogP contribution >= 0.6 is 0 Å². The third-order valence-corrected chi connectivity index (χ3v) is 3.49. The molecular formula is C16H19N3O4. The van der Waals surface area contributed by atoms with Crippen LogP contribution in [0, 0.1) is 6.92 Å². The van der Waals surface area contributed by atoms with Gasteiger partial charge >= 0.3 is 12.1 Å². The quantitative estimate of drug-likeness (QED) is 0.851. The minimum Gasteiger partial charge on any atom is -0.480 e. The predicted molar refractivity (Wildman–Crippen MR) is 82.9 cm³/mol. The molecule has 0 saturated carbocycles. The number of carboxylic acid groups (broad SMARTS) is 1. The number of carbonyl (C=O) groups excluding carboxylic acids is 1. The lowest BCUT2D eigenvalue weighted by Crippen LogP contribution is -2.46. The first-order valence-corrected chi connectivity index (χ1v) is 7.19. The van der Waals surface area contributed by atoms with Gasteiger partial charge < -0.3 is 15.2 Å². The molecule has 1 amide bonds. The van der Waals surface area contributed by atoms with E-state index in [-0.39, 0.29) is 6.61 Å². The van der Waals surface area contributed by atoms with Gasteiger partial charge in [-0.3, -0.25) is 4.68 Å². The zero-order valence-electron chi connectivity index (χ0n) is 13.0. The Balaban J connectivity index is 1.98. The second-order valence-electron chi connectivity index (χ2n) is 5.18. The van der Waals surface area contributed by atoms with Gasteiger partial charge in [-0.2, -0.15) is 5.10 Å². The number of ether oxygens (including phenoxy) is 1. The summed E-state index contributed by atoms with van der Waals surface area (Å²) in [6.45, 7) is 3.57. The summed E-state index contributed by atoms with van der Waals surface area (Å²) in [6.07, 6.45) is 0.802. The molecule has 2 unspecified atom stereocenters. The topological polar surface area (TPSA) is 93.5 Å². The maximum Gasteiger partial charge on any atom is 0.408 e. The van der Waals surface area contributed by atoms with Crippen LogP contribution in [-0.4, -0.2) is 33.0 Å². The highest BCUT2D eigenvalue weighted by Gasteiger charge is 2.29. The molecule has 0 spiro atoms. The van der Waals surface area contributed by atoms with E-state index in [2.05, 4.69) is 10.4 Å². The van der Waals surface area contributed by atoms with Crippen LogP contribution in [0.1, 0.15) is 24.2 Å². The molecular weight excluding hydrogens is 298 g/mol. The summed E-state index contributed by atoms with van der Waals surface area (Å²) in [5.74, 6) is -1.15. The summed E-state index contributed by atoms with van der Waals surface area (Å²) in [4.78, 5) is 23.3. The molecule has 1 heterocycles. The Morgan fingerprint density at radius 2 is 2.00 bits per heavy atom. The average molecular weight is 317 g/mol. The van der Waals surface area contributed by atoms with E-state index in [0.29, 0.717) is 0 Å². The minimum absolute atomic E-state index is 0.0776. The number of alkyl carbamates (subject to hydrolysis) is 1. The molecule has 23 heavy (non-hydrogen) atoms. The van der Waals surface area contributed by atoms with Crippen LogP contribution in [0.4, 0.5) is 4.79 Å². The largest absolute Gasteiger partial charge is 0.480 e. The monoisotopic (exact) mass is 317 g/mol. The summed E-state index contributed by atoms with van der Waals surface area (Å²) >= 11 is 0. The molecule has 7 heteroatoms. The third kappa shape index (κ3) is 4.32. The highest BCUT2D eigenvalue weighted by atomic mass is 16.5. The number of nitrogens with zero attached hydrogens (tertiary/aromatic N) is 2. The molecule has 0 aliphatic rings. The van der Waals surface area contributed by atoms with Gasteiger partial charge in [0.05, 0.1) is 6.04 Å². The number of carbonyl (C=O) groups is 2. The normalized spacial score (nSPS) is 13.1. The van der Waals surface area contributed by atoms with Crippen LogP contribution in [0.3, 0.4) is 0 Å². The molecule has 0 saturated heterocycles. The van der Waals surface area contributed by atoms with E-state index in [9.17, 15) is 14.7 Å². The highest BCUT2D eigenvalue weighted by molar-refractivity contribution is 5.80. The molecule has 2 atom stereocenters. The maximum absolute atomic E-state index is 11.9. The van der Waals surface area contributed by atoms with Gasteiger partial charge in [-0.15, -0.1) is 0 Å². The number of hydrogen-bond acceptors (Lipinski definition) is 4. The molecule has 7 nitrogen and oxygen atoms in total. The highest BCUT2D eigenvalue weighted by Crippen LogP contribution is 2.13. The molecule has 0 fully saturated rings. The Morgan fingerprint density at radius 3 is 2.57 bits per heavy atom. The van der Waals surface area contributed by atoms with Crippen molar-refractivity contribution in [3.05, 3.63) is 53.9 Å². The molecule has 1 aromatic heterocycles. The van der Waals surface area contributed by atoms with E-state index in [1.165, 1.54) is 0 Å². The van der Waals surface area contributed by atoms with E-state index in [1.807, 2.05) is 37.3 Å². The Hall–Kier alpha value is -2.83. The first-order valence-electron chi connectivity index (χ1n) is 7.19. The van der Waals surface area contributed by atoms with Gasteiger partial charge in [-0.25, -0.2) is 9.59 Å².